The number of carbonyl (C=O) groups is 2. The van der Waals surface area contributed by atoms with Crippen LogP contribution < -0.4 is 5.32 Å². The Hall–Kier alpha value is -2.40. The number of carbonyl (C=O) groups excluding carboxylic acids is 1. The van der Waals surface area contributed by atoms with Crippen LogP contribution in [-0.4, -0.2) is 35.1 Å². The molecule has 1 atom stereocenters. The molecule has 0 unspecified atom stereocenters. The van der Waals surface area contributed by atoms with Crippen LogP contribution in [0.5, 0.6) is 0 Å². The number of hydrogen-bond donors (Lipinski definition) is 3. The highest BCUT2D eigenvalue weighted by Gasteiger charge is 2.09. The Morgan fingerprint density at radius 1 is 1.25 bits per heavy atom. The molecule has 0 bridgehead atoms. The number of nitrogens with one attached hydrogen (secondary N) is 1. The molecule has 0 saturated carbocycles. The number of carboxylic acid groups (broad SMARTS) is 1. The third-order valence-corrected chi connectivity index (χ3v) is 2.49. The second-order valence-corrected chi connectivity index (χ2v) is 4.08. The molecular formula is C15H17NO4. The zero-order valence-electron chi connectivity index (χ0n) is 10.9. The first-order valence-electron chi connectivity index (χ1n) is 6.13. The van der Waals surface area contributed by atoms with E-state index in [0.717, 1.165) is 12.0 Å². The van der Waals surface area contributed by atoms with Crippen molar-refractivity contribution in [3.8, 4) is 0 Å². The van der Waals surface area contributed by atoms with Gasteiger partial charge in [-0.3, -0.25) is 9.59 Å². The molecule has 5 heteroatoms. The predicted octanol–water partition coefficient (Wildman–Crippen LogP) is 1.86. The molecule has 1 aromatic carbocycles. The van der Waals surface area contributed by atoms with Gasteiger partial charge in [0, 0.05) is 11.3 Å². The standard InChI is InChI=1S/C15H17NO4/c17-9-3-1-2-4-14(10-15(19)20)16-13-7-5-12(11-18)6-8-13/h1-8,11,14,16-17H,9-10H2,(H,19,20)/t14-/m1/s1. The van der Waals surface area contributed by atoms with E-state index in [1.54, 1.807) is 48.6 Å². The molecule has 0 aliphatic heterocycles. The maximum absolute atomic E-state index is 10.8. The summed E-state index contributed by atoms with van der Waals surface area (Å²) < 4.78 is 0. The van der Waals surface area contributed by atoms with Crippen LogP contribution in [0, 0.1) is 0 Å². The summed E-state index contributed by atoms with van der Waals surface area (Å²) in [5.41, 5.74) is 1.30. The van der Waals surface area contributed by atoms with Crippen LogP contribution in [0.1, 0.15) is 16.8 Å². The molecule has 0 fully saturated rings. The number of aliphatic carboxylic acids is 1. The van der Waals surface area contributed by atoms with Gasteiger partial charge in [0.1, 0.15) is 6.29 Å². The van der Waals surface area contributed by atoms with E-state index in [1.165, 1.54) is 0 Å². The molecule has 0 aliphatic carbocycles. The van der Waals surface area contributed by atoms with Crippen molar-refractivity contribution in [1.29, 1.82) is 0 Å². The molecule has 1 rings (SSSR count). The summed E-state index contributed by atoms with van der Waals surface area (Å²) >= 11 is 0. The van der Waals surface area contributed by atoms with Crippen molar-refractivity contribution in [2.45, 2.75) is 12.5 Å². The smallest absolute Gasteiger partial charge is 0.305 e. The molecule has 0 spiro atoms. The second kappa shape index (κ2) is 8.66. The fourth-order valence-corrected chi connectivity index (χ4v) is 1.56. The number of allylic oxidation sites excluding steroid dienone is 2. The maximum Gasteiger partial charge on any atom is 0.305 e. The number of carboxylic acids is 1. The van der Waals surface area contributed by atoms with Crippen molar-refractivity contribution in [2.24, 2.45) is 0 Å². The first-order chi connectivity index (χ1) is 9.65. The first-order valence-corrected chi connectivity index (χ1v) is 6.13. The highest BCUT2D eigenvalue weighted by Crippen LogP contribution is 2.12. The van der Waals surface area contributed by atoms with Crippen LogP contribution in [0.25, 0.3) is 0 Å². The topological polar surface area (TPSA) is 86.6 Å². The Kier molecular flexibility index (Phi) is 6.78. The molecule has 0 heterocycles. The van der Waals surface area contributed by atoms with Crippen LogP contribution >= 0.6 is 0 Å². The van der Waals surface area contributed by atoms with Gasteiger partial charge in [0.05, 0.1) is 19.1 Å². The summed E-state index contributed by atoms with van der Waals surface area (Å²) in [6, 6.07) is 6.37. The van der Waals surface area contributed by atoms with Crippen LogP contribution in [-0.2, 0) is 4.79 Å². The van der Waals surface area contributed by atoms with E-state index in [0.29, 0.717) is 5.56 Å². The Morgan fingerprint density at radius 3 is 2.50 bits per heavy atom. The number of anilines is 1. The molecule has 0 radical (unpaired) electrons. The van der Waals surface area contributed by atoms with Crippen molar-refractivity contribution in [2.75, 3.05) is 11.9 Å². The van der Waals surface area contributed by atoms with E-state index in [1.807, 2.05) is 0 Å². The van der Waals surface area contributed by atoms with E-state index in [4.69, 9.17) is 10.2 Å². The maximum atomic E-state index is 10.8. The number of rotatable bonds is 8. The van der Waals surface area contributed by atoms with E-state index in [9.17, 15) is 9.59 Å². The average molecular weight is 275 g/mol. The minimum absolute atomic E-state index is 0.0610. The number of aliphatic hydroxyl groups is 1. The SMILES string of the molecule is O=Cc1ccc(N[C@H](C=CC=CCO)CC(=O)O)cc1. The lowest BCUT2D eigenvalue weighted by Gasteiger charge is -2.14. The molecular weight excluding hydrogens is 258 g/mol. The van der Waals surface area contributed by atoms with Gasteiger partial charge in [-0.25, -0.2) is 0 Å². The summed E-state index contributed by atoms with van der Waals surface area (Å²) in [6.45, 7) is -0.0610. The van der Waals surface area contributed by atoms with E-state index < -0.39 is 5.97 Å². The van der Waals surface area contributed by atoms with Gasteiger partial charge in [0.2, 0.25) is 0 Å². The Balaban J connectivity index is 2.71. The lowest BCUT2D eigenvalue weighted by molar-refractivity contribution is -0.137. The molecule has 1 aromatic rings. The van der Waals surface area contributed by atoms with Crippen LogP contribution in [0.3, 0.4) is 0 Å². The zero-order chi connectivity index (χ0) is 14.8. The number of aldehydes is 1. The minimum atomic E-state index is -0.914. The zero-order valence-corrected chi connectivity index (χ0v) is 10.9. The fourth-order valence-electron chi connectivity index (χ4n) is 1.56. The minimum Gasteiger partial charge on any atom is -0.481 e. The van der Waals surface area contributed by atoms with Gasteiger partial charge in [0.15, 0.2) is 0 Å². The molecule has 5 nitrogen and oxygen atoms in total. The normalized spacial score (nSPS) is 12.7. The largest absolute Gasteiger partial charge is 0.481 e. The number of hydrogen-bond acceptors (Lipinski definition) is 4. The van der Waals surface area contributed by atoms with Crippen molar-refractivity contribution in [1.82, 2.24) is 0 Å². The Bertz CT molecular complexity index is 491. The van der Waals surface area contributed by atoms with E-state index in [-0.39, 0.29) is 19.1 Å². The molecule has 3 N–H and O–H groups in total. The molecule has 0 amide bonds. The molecule has 0 saturated heterocycles. The molecule has 106 valence electrons. The first kappa shape index (κ1) is 15.7. The lowest BCUT2D eigenvalue weighted by atomic mass is 10.1. The fraction of sp³-hybridized carbons (Fsp3) is 0.200. The Morgan fingerprint density at radius 2 is 1.95 bits per heavy atom. The van der Waals surface area contributed by atoms with Gasteiger partial charge in [-0.1, -0.05) is 24.3 Å². The van der Waals surface area contributed by atoms with Gasteiger partial charge in [-0.2, -0.15) is 0 Å². The van der Waals surface area contributed by atoms with Gasteiger partial charge >= 0.3 is 5.97 Å². The highest BCUT2D eigenvalue weighted by molar-refractivity contribution is 5.75. The van der Waals surface area contributed by atoms with Crippen molar-refractivity contribution in [3.05, 3.63) is 54.1 Å². The third kappa shape index (κ3) is 5.97. The lowest BCUT2D eigenvalue weighted by Crippen LogP contribution is -2.20. The Labute approximate surface area is 117 Å². The average Bonchev–Trinajstić information content (AvgIpc) is 2.43. The van der Waals surface area contributed by atoms with Gasteiger partial charge in [-0.15, -0.1) is 0 Å². The summed E-state index contributed by atoms with van der Waals surface area (Å²) in [7, 11) is 0. The van der Waals surface area contributed by atoms with Gasteiger partial charge < -0.3 is 15.5 Å². The number of benzene rings is 1. The van der Waals surface area contributed by atoms with Gasteiger partial charge in [-0.05, 0) is 24.3 Å². The third-order valence-electron chi connectivity index (χ3n) is 2.49. The van der Waals surface area contributed by atoms with Gasteiger partial charge in [0.25, 0.3) is 0 Å². The summed E-state index contributed by atoms with van der Waals surface area (Å²) in [5, 5.41) is 20.5. The van der Waals surface area contributed by atoms with Crippen molar-refractivity contribution in [3.63, 3.8) is 0 Å². The van der Waals surface area contributed by atoms with Crippen LogP contribution in [0.15, 0.2) is 48.6 Å². The number of aliphatic hydroxyl groups excluding tert-OH is 1. The molecule has 20 heavy (non-hydrogen) atoms. The van der Waals surface area contributed by atoms with E-state index in [2.05, 4.69) is 5.32 Å². The van der Waals surface area contributed by atoms with Crippen LogP contribution in [0.4, 0.5) is 5.69 Å². The highest BCUT2D eigenvalue weighted by atomic mass is 16.4. The summed E-state index contributed by atoms with van der Waals surface area (Å²) in [5.74, 6) is -0.914. The second-order valence-electron chi connectivity index (χ2n) is 4.08. The van der Waals surface area contributed by atoms with Crippen molar-refractivity contribution >= 4 is 17.9 Å². The summed E-state index contributed by atoms with van der Waals surface area (Å²) in [4.78, 5) is 21.4. The summed E-state index contributed by atoms with van der Waals surface area (Å²) in [6.07, 6.45) is 7.25. The van der Waals surface area contributed by atoms with Crippen molar-refractivity contribution < 1.29 is 19.8 Å². The van der Waals surface area contributed by atoms with Crippen LogP contribution in [0.2, 0.25) is 0 Å². The predicted molar refractivity (Wildman–Crippen MR) is 76.9 cm³/mol. The monoisotopic (exact) mass is 275 g/mol. The molecule has 0 aromatic heterocycles. The quantitative estimate of drug-likeness (QED) is 0.498. The van der Waals surface area contributed by atoms with E-state index >= 15 is 0 Å². The molecule has 0 aliphatic rings.